The van der Waals surface area contributed by atoms with E-state index in [2.05, 4.69) is 15.2 Å². The molecule has 1 heterocycles. The molecule has 7 nitrogen and oxygen atoms in total. The molecule has 0 radical (unpaired) electrons. The van der Waals surface area contributed by atoms with E-state index in [4.69, 9.17) is 10.9 Å². The number of pyridine rings is 1. The summed E-state index contributed by atoms with van der Waals surface area (Å²) in [5, 5.41) is 24.3. The number of hydrogen-bond acceptors (Lipinski definition) is 5. The molecule has 0 aliphatic heterocycles. The molecule has 0 atom stereocenters. The number of nitrogens with one attached hydrogen (secondary N) is 1. The fourth-order valence-electron chi connectivity index (χ4n) is 0.677. The number of hydroxylamine groups is 1. The fourth-order valence-corrected chi connectivity index (χ4v) is 0.677. The van der Waals surface area contributed by atoms with Crippen molar-refractivity contribution in [3.8, 4) is 5.75 Å². The van der Waals surface area contributed by atoms with Crippen molar-refractivity contribution in [3.05, 3.63) is 24.0 Å². The van der Waals surface area contributed by atoms with Crippen LogP contribution in [0, 0.1) is 0 Å². The fraction of sp³-hybridized carbons (Fsp3) is 0. The molecule has 0 saturated carbocycles. The lowest BCUT2D eigenvalue weighted by atomic mass is 10.3. The van der Waals surface area contributed by atoms with Gasteiger partial charge in [0.25, 0.3) is 0 Å². The topological polar surface area (TPSA) is 116 Å². The maximum absolute atomic E-state index is 9.23. The van der Waals surface area contributed by atoms with Gasteiger partial charge in [-0.25, -0.2) is 5.48 Å². The molecule has 0 aliphatic carbocycles. The van der Waals surface area contributed by atoms with Gasteiger partial charge in [0.05, 0.1) is 6.21 Å². The molecule has 74 valence electrons. The molecule has 14 heavy (non-hydrogen) atoms. The first-order chi connectivity index (χ1) is 6.74. The molecule has 0 saturated heterocycles. The largest absolute Gasteiger partial charge is 0.506 e. The van der Waals surface area contributed by atoms with Crippen molar-refractivity contribution in [2.45, 2.75) is 0 Å². The Morgan fingerprint density at radius 2 is 2.43 bits per heavy atom. The Kier molecular flexibility index (Phi) is 3.39. The highest BCUT2D eigenvalue weighted by atomic mass is 16.5. The van der Waals surface area contributed by atoms with E-state index in [1.807, 2.05) is 0 Å². The standard InChI is InChI=1S/C7H9N5O2/c8-7(12-14)11-10-4-5-6(13)2-1-3-9-5/h1-4,13-14H,(H3,8,11,12)/b10-4+. The third-order valence-corrected chi connectivity index (χ3v) is 1.28. The van der Waals surface area contributed by atoms with Crippen LogP contribution in [0.4, 0.5) is 0 Å². The highest BCUT2D eigenvalue weighted by Gasteiger charge is 1.95. The molecule has 0 amide bonds. The highest BCUT2D eigenvalue weighted by Crippen LogP contribution is 2.09. The van der Waals surface area contributed by atoms with Crippen LogP contribution in [0.2, 0.25) is 0 Å². The van der Waals surface area contributed by atoms with Gasteiger partial charge in [0, 0.05) is 6.20 Å². The van der Waals surface area contributed by atoms with Gasteiger partial charge in [-0.15, -0.1) is 5.10 Å². The summed E-state index contributed by atoms with van der Waals surface area (Å²) < 4.78 is 0. The Labute approximate surface area is 79.6 Å². The zero-order chi connectivity index (χ0) is 10.4. The van der Waals surface area contributed by atoms with E-state index in [1.54, 1.807) is 11.5 Å². The summed E-state index contributed by atoms with van der Waals surface area (Å²) in [4.78, 5) is 3.81. The molecule has 0 aromatic carbocycles. The minimum absolute atomic E-state index is 0.0121. The van der Waals surface area contributed by atoms with Crippen molar-refractivity contribution in [2.24, 2.45) is 15.9 Å². The summed E-state index contributed by atoms with van der Waals surface area (Å²) in [5.41, 5.74) is 6.93. The minimum atomic E-state index is -0.253. The van der Waals surface area contributed by atoms with Crippen molar-refractivity contribution in [1.29, 1.82) is 0 Å². The van der Waals surface area contributed by atoms with Crippen LogP contribution in [0.1, 0.15) is 5.69 Å². The summed E-state index contributed by atoms with van der Waals surface area (Å²) in [6.07, 6.45) is 2.71. The van der Waals surface area contributed by atoms with Crippen LogP contribution in [0.25, 0.3) is 0 Å². The number of nitrogens with zero attached hydrogens (tertiary/aromatic N) is 3. The molecular weight excluding hydrogens is 186 g/mol. The molecule has 0 fully saturated rings. The first-order valence-electron chi connectivity index (χ1n) is 3.64. The molecule has 5 N–H and O–H groups in total. The number of hydrogen-bond donors (Lipinski definition) is 4. The van der Waals surface area contributed by atoms with Crippen molar-refractivity contribution < 1.29 is 10.3 Å². The summed E-state index contributed by atoms with van der Waals surface area (Å²) in [5.74, 6) is -0.265. The Morgan fingerprint density at radius 3 is 3.07 bits per heavy atom. The molecule has 0 bridgehead atoms. The second-order valence-electron chi connectivity index (χ2n) is 2.25. The normalized spacial score (nSPS) is 11.9. The number of guanidine groups is 1. The van der Waals surface area contributed by atoms with Gasteiger partial charge >= 0.3 is 0 Å². The smallest absolute Gasteiger partial charge is 0.237 e. The van der Waals surface area contributed by atoms with E-state index >= 15 is 0 Å². The zero-order valence-corrected chi connectivity index (χ0v) is 7.12. The average molecular weight is 195 g/mol. The monoisotopic (exact) mass is 195 g/mol. The van der Waals surface area contributed by atoms with E-state index in [0.29, 0.717) is 0 Å². The number of aromatic hydroxyl groups is 1. The first-order valence-corrected chi connectivity index (χ1v) is 3.64. The lowest BCUT2D eigenvalue weighted by molar-refractivity contribution is 0.232. The van der Waals surface area contributed by atoms with Crippen molar-refractivity contribution >= 4 is 12.2 Å². The van der Waals surface area contributed by atoms with Crippen LogP contribution >= 0.6 is 0 Å². The second-order valence-corrected chi connectivity index (χ2v) is 2.25. The molecular formula is C7H9N5O2. The molecule has 0 aliphatic rings. The van der Waals surface area contributed by atoms with Gasteiger partial charge in [-0.3, -0.25) is 10.2 Å². The average Bonchev–Trinajstić information content (AvgIpc) is 2.20. The van der Waals surface area contributed by atoms with Gasteiger partial charge < -0.3 is 10.8 Å². The van der Waals surface area contributed by atoms with Crippen molar-refractivity contribution in [2.75, 3.05) is 0 Å². The van der Waals surface area contributed by atoms with Crippen LogP contribution < -0.4 is 11.2 Å². The Morgan fingerprint density at radius 1 is 1.64 bits per heavy atom. The minimum Gasteiger partial charge on any atom is -0.506 e. The molecule has 7 heteroatoms. The van der Waals surface area contributed by atoms with Gasteiger partial charge in [0.1, 0.15) is 11.4 Å². The van der Waals surface area contributed by atoms with Gasteiger partial charge in [-0.1, -0.05) is 0 Å². The van der Waals surface area contributed by atoms with Crippen LogP contribution in [0.5, 0.6) is 5.75 Å². The molecule has 1 aromatic heterocycles. The Balaban J connectivity index is 2.74. The Bertz CT molecular complexity index is 363. The molecule has 0 unspecified atom stereocenters. The van der Waals surface area contributed by atoms with Gasteiger partial charge in [-0.2, -0.15) is 5.10 Å². The van der Waals surface area contributed by atoms with E-state index < -0.39 is 0 Å². The van der Waals surface area contributed by atoms with Gasteiger partial charge in [0.2, 0.25) is 5.96 Å². The molecule has 1 rings (SSSR count). The summed E-state index contributed by atoms with van der Waals surface area (Å²) in [6.45, 7) is 0. The summed E-state index contributed by atoms with van der Waals surface area (Å²) >= 11 is 0. The van der Waals surface area contributed by atoms with Crippen LogP contribution in [-0.4, -0.2) is 27.5 Å². The van der Waals surface area contributed by atoms with Gasteiger partial charge in [0.15, 0.2) is 0 Å². The predicted octanol–water partition coefficient (Wildman–Crippen LogP) is -0.585. The van der Waals surface area contributed by atoms with Crippen molar-refractivity contribution in [1.82, 2.24) is 10.5 Å². The lowest BCUT2D eigenvalue weighted by Gasteiger charge is -1.94. The number of aromatic nitrogens is 1. The highest BCUT2D eigenvalue weighted by molar-refractivity contribution is 5.82. The van der Waals surface area contributed by atoms with Crippen molar-refractivity contribution in [3.63, 3.8) is 0 Å². The van der Waals surface area contributed by atoms with Crippen LogP contribution in [0.3, 0.4) is 0 Å². The number of nitrogens with two attached hydrogens (primary N) is 1. The molecule has 1 aromatic rings. The SMILES string of the molecule is NC(=N/N=C/c1ncccc1O)NO. The second kappa shape index (κ2) is 4.77. The molecule has 0 spiro atoms. The maximum Gasteiger partial charge on any atom is 0.237 e. The third-order valence-electron chi connectivity index (χ3n) is 1.28. The maximum atomic E-state index is 9.23. The first kappa shape index (κ1) is 9.93. The zero-order valence-electron chi connectivity index (χ0n) is 7.12. The number of rotatable bonds is 2. The summed E-state index contributed by atoms with van der Waals surface area (Å²) in [6, 6.07) is 3.05. The van der Waals surface area contributed by atoms with E-state index in [1.165, 1.54) is 18.5 Å². The lowest BCUT2D eigenvalue weighted by Crippen LogP contribution is -2.27. The summed E-state index contributed by atoms with van der Waals surface area (Å²) in [7, 11) is 0. The van der Waals surface area contributed by atoms with E-state index in [-0.39, 0.29) is 17.4 Å². The van der Waals surface area contributed by atoms with Crippen LogP contribution in [-0.2, 0) is 0 Å². The predicted molar refractivity (Wildman–Crippen MR) is 50.0 cm³/mol. The van der Waals surface area contributed by atoms with E-state index in [0.717, 1.165) is 0 Å². The van der Waals surface area contributed by atoms with E-state index in [9.17, 15) is 5.11 Å². The third kappa shape index (κ3) is 2.72. The quantitative estimate of drug-likeness (QED) is 0.286. The van der Waals surface area contributed by atoms with Crippen LogP contribution in [0.15, 0.2) is 28.5 Å². The Hall–Kier alpha value is -2.15. The van der Waals surface area contributed by atoms with Gasteiger partial charge in [-0.05, 0) is 12.1 Å².